The van der Waals surface area contributed by atoms with Crippen LogP contribution in [-0.4, -0.2) is 56.4 Å². The van der Waals surface area contributed by atoms with Crippen molar-refractivity contribution in [1.29, 1.82) is 0 Å². The van der Waals surface area contributed by atoms with E-state index in [1.54, 1.807) is 11.1 Å². The third-order valence-corrected chi connectivity index (χ3v) is 35.3. The molecule has 0 radical (unpaired) electrons. The Morgan fingerprint density at radius 2 is 1.38 bits per heavy atom. The number of fused-ring (bicyclic) bond motifs is 1. The van der Waals surface area contributed by atoms with Gasteiger partial charge in [0.1, 0.15) is 0 Å². The maximum atomic E-state index is 11.6. The van der Waals surface area contributed by atoms with E-state index in [-0.39, 0.29) is 26.8 Å². The fourth-order valence-electron chi connectivity index (χ4n) is 10.6. The lowest BCUT2D eigenvalue weighted by Crippen LogP contribution is -2.47. The summed E-state index contributed by atoms with van der Waals surface area (Å²) in [5.41, 5.74) is 5.18. The molecule has 350 valence electrons. The van der Waals surface area contributed by atoms with Crippen LogP contribution in [0.2, 0.25) is 72.5 Å². The van der Waals surface area contributed by atoms with Gasteiger partial charge in [-0.2, -0.15) is 0 Å². The van der Waals surface area contributed by atoms with E-state index >= 15 is 0 Å². The molecular weight excluding hydrogens is 801 g/mol. The maximum absolute atomic E-state index is 11.6. The third-order valence-electron chi connectivity index (χ3n) is 17.9. The molecule has 0 heterocycles. The zero-order chi connectivity index (χ0) is 45.8. The molecule has 0 aromatic carbocycles. The minimum atomic E-state index is -2.43. The van der Waals surface area contributed by atoms with Crippen molar-refractivity contribution in [1.82, 2.24) is 0 Å². The monoisotopic (exact) mass is 903 g/mol. The quantitative estimate of drug-likeness (QED) is 0.0751. The van der Waals surface area contributed by atoms with Gasteiger partial charge in [0.25, 0.3) is 0 Å². The van der Waals surface area contributed by atoms with Crippen LogP contribution in [0.25, 0.3) is 0 Å². The van der Waals surface area contributed by atoms with E-state index < -0.39 is 33.3 Å². The first-order valence-electron chi connectivity index (χ1n) is 25.1. The van der Waals surface area contributed by atoms with Crippen molar-refractivity contribution in [2.24, 2.45) is 23.2 Å². The number of rotatable bonds is 20. The van der Waals surface area contributed by atoms with Crippen molar-refractivity contribution < 1.29 is 18.1 Å². The molecule has 3 aliphatic rings. The predicted molar refractivity (Wildman–Crippen MR) is 274 cm³/mol. The summed E-state index contributed by atoms with van der Waals surface area (Å²) in [6.07, 6.45) is 23.6. The van der Waals surface area contributed by atoms with Crippen molar-refractivity contribution in [3.63, 3.8) is 0 Å². The Morgan fingerprint density at radius 3 is 1.93 bits per heavy atom. The van der Waals surface area contributed by atoms with Gasteiger partial charge in [-0.15, -0.1) is 0 Å². The van der Waals surface area contributed by atoms with E-state index in [2.05, 4.69) is 154 Å². The fourth-order valence-corrected chi connectivity index (χ4v) is 16.9. The summed E-state index contributed by atoms with van der Waals surface area (Å²) >= 11 is 0. The molecule has 0 aromatic rings. The van der Waals surface area contributed by atoms with E-state index in [4.69, 9.17) is 13.3 Å². The van der Waals surface area contributed by atoms with Crippen LogP contribution in [-0.2, 0) is 13.3 Å². The molecule has 3 saturated carbocycles. The SMILES string of the molecule is CC[Si](CC)(CC)OC(C)(C)CCCCC1CCC2/C(=C/C=C3\C[C@@H](CC(C)(C)[Si](C)(C)O)/C(=C/CCO[Si](C)(C)C(C)(C)C)[C@H](O[Si](C)(C)C(C)(C)C)C3)CCC[C@]12C. The highest BCUT2D eigenvalue weighted by Crippen LogP contribution is 2.59. The van der Waals surface area contributed by atoms with Crippen molar-refractivity contribution in [2.45, 2.75) is 265 Å². The molecule has 3 aliphatic carbocycles. The minimum absolute atomic E-state index is 0.000877. The number of allylic oxidation sites excluding steroid dienone is 3. The molecular formula is C52H102O4Si4. The van der Waals surface area contributed by atoms with Crippen LogP contribution in [0.5, 0.6) is 0 Å². The second-order valence-corrected chi connectivity index (χ2v) is 44.1. The van der Waals surface area contributed by atoms with E-state index in [0.717, 1.165) is 38.2 Å². The smallest absolute Gasteiger partial charge is 0.192 e. The Balaban J connectivity index is 1.89. The van der Waals surface area contributed by atoms with Crippen LogP contribution in [0.15, 0.2) is 34.9 Å². The van der Waals surface area contributed by atoms with Gasteiger partial charge in [0.05, 0.1) is 11.7 Å². The van der Waals surface area contributed by atoms with Gasteiger partial charge < -0.3 is 18.1 Å². The number of hydrogen-bond acceptors (Lipinski definition) is 4. The second-order valence-electron chi connectivity index (χ2n) is 25.3. The molecule has 8 heteroatoms. The first-order valence-corrected chi connectivity index (χ1v) is 36.4. The Kier molecular flexibility index (Phi) is 18.6. The number of unbranched alkanes of at least 4 members (excludes halogenated alkanes) is 1. The highest BCUT2D eigenvalue weighted by molar-refractivity contribution is 6.75. The normalized spacial score (nSPS) is 27.6. The van der Waals surface area contributed by atoms with Gasteiger partial charge in [0, 0.05) is 6.61 Å². The summed E-state index contributed by atoms with van der Waals surface area (Å²) in [4.78, 5) is 11.6. The summed E-state index contributed by atoms with van der Waals surface area (Å²) < 4.78 is 21.2. The van der Waals surface area contributed by atoms with E-state index in [0.29, 0.717) is 17.3 Å². The number of hydrogen-bond donors (Lipinski definition) is 1. The Bertz CT molecular complexity index is 1420. The van der Waals surface area contributed by atoms with Gasteiger partial charge in [-0.1, -0.05) is 125 Å². The molecule has 60 heavy (non-hydrogen) atoms. The first-order chi connectivity index (χ1) is 27.3. The molecule has 0 spiro atoms. The predicted octanol–water partition coefficient (Wildman–Crippen LogP) is 16.9. The van der Waals surface area contributed by atoms with Gasteiger partial charge in [0.2, 0.25) is 0 Å². The molecule has 3 rings (SSSR count). The van der Waals surface area contributed by atoms with E-state index in [1.165, 1.54) is 81.5 Å². The molecule has 3 fully saturated rings. The highest BCUT2D eigenvalue weighted by Gasteiger charge is 2.49. The lowest BCUT2D eigenvalue weighted by molar-refractivity contribution is 0.0799. The zero-order valence-electron chi connectivity index (χ0n) is 43.7. The van der Waals surface area contributed by atoms with Gasteiger partial charge >= 0.3 is 0 Å². The topological polar surface area (TPSA) is 47.9 Å². The first kappa shape index (κ1) is 54.3. The van der Waals surface area contributed by atoms with Crippen molar-refractivity contribution in [3.05, 3.63) is 34.9 Å². The third kappa shape index (κ3) is 13.7. The highest BCUT2D eigenvalue weighted by atomic mass is 28.4. The van der Waals surface area contributed by atoms with Crippen LogP contribution in [0.3, 0.4) is 0 Å². The summed E-state index contributed by atoms with van der Waals surface area (Å²) in [5.74, 6) is 1.90. The zero-order valence-corrected chi connectivity index (χ0v) is 47.7. The molecule has 0 aromatic heterocycles. The molecule has 4 nitrogen and oxygen atoms in total. The van der Waals surface area contributed by atoms with Gasteiger partial charge in [-0.3, -0.25) is 0 Å². The largest absolute Gasteiger partial charge is 0.432 e. The van der Waals surface area contributed by atoms with Gasteiger partial charge in [0.15, 0.2) is 33.3 Å². The van der Waals surface area contributed by atoms with Gasteiger partial charge in [-0.25, -0.2) is 0 Å². The maximum Gasteiger partial charge on any atom is 0.192 e. The summed E-state index contributed by atoms with van der Waals surface area (Å²) in [6.45, 7) is 47.9. The average Bonchev–Trinajstić information content (AvgIpc) is 3.45. The lowest BCUT2D eigenvalue weighted by Gasteiger charge is -2.46. The second kappa shape index (κ2) is 20.6. The standard InChI is InChI=1S/C52H102O4Si4/c1-21-60(22-2,23-3)56-50(10,11)35-25-24-29-44-33-34-46-42(28-26-36-52(44,46)14)32-31-41-38-43(40-51(12,13)57(15,16)53)45(30-27-37-54-58(17,18)48(4,5)6)47(39-41)55-59(19,20)49(7,8)9/h30-32,43-44,46-47,53H,21-29,33-40H2,1-20H3/b41-31+,42-32+,45-30-/t43-,44?,46?,47+,52+/m0/s1. The van der Waals surface area contributed by atoms with Gasteiger partial charge in [-0.05, 0) is 186 Å². The van der Waals surface area contributed by atoms with Crippen molar-refractivity contribution in [3.8, 4) is 0 Å². The Morgan fingerprint density at radius 1 is 0.783 bits per heavy atom. The molecule has 1 N–H and O–H groups in total. The molecule has 0 aliphatic heterocycles. The van der Waals surface area contributed by atoms with Crippen molar-refractivity contribution in [2.75, 3.05) is 6.61 Å². The van der Waals surface area contributed by atoms with Crippen LogP contribution in [0.1, 0.15) is 180 Å². The van der Waals surface area contributed by atoms with Crippen LogP contribution in [0, 0.1) is 23.2 Å². The van der Waals surface area contributed by atoms with Crippen molar-refractivity contribution >= 4 is 33.3 Å². The minimum Gasteiger partial charge on any atom is -0.432 e. The summed E-state index contributed by atoms with van der Waals surface area (Å²) in [7, 11) is -7.94. The summed E-state index contributed by atoms with van der Waals surface area (Å²) in [5, 5.41) is 0.214. The van der Waals surface area contributed by atoms with Crippen LogP contribution >= 0.6 is 0 Å². The molecule has 0 bridgehead atoms. The van der Waals surface area contributed by atoms with E-state index in [9.17, 15) is 4.80 Å². The van der Waals surface area contributed by atoms with Crippen LogP contribution < -0.4 is 0 Å². The van der Waals surface area contributed by atoms with E-state index in [1.807, 2.05) is 0 Å². The molecule has 5 atom stereocenters. The summed E-state index contributed by atoms with van der Waals surface area (Å²) in [6, 6.07) is 3.70. The molecule has 2 unspecified atom stereocenters. The molecule has 0 amide bonds. The molecule has 0 saturated heterocycles. The Hall–Kier alpha value is -0.0725. The Labute approximate surface area is 378 Å². The fraction of sp³-hybridized carbons (Fsp3) is 0.885. The lowest BCUT2D eigenvalue weighted by atomic mass is 9.62. The van der Waals surface area contributed by atoms with Crippen LogP contribution in [0.4, 0.5) is 0 Å². The average molecular weight is 904 g/mol.